The van der Waals surface area contributed by atoms with E-state index >= 15 is 0 Å². The number of hydrogen-bond donors (Lipinski definition) is 0. The Kier molecular flexibility index (Phi) is 4.50. The van der Waals surface area contributed by atoms with Crippen molar-refractivity contribution in [3.05, 3.63) is 27.7 Å². The van der Waals surface area contributed by atoms with Gasteiger partial charge in [-0.05, 0) is 35.0 Å². The molecule has 0 bridgehead atoms. The lowest BCUT2D eigenvalue weighted by molar-refractivity contribution is -0.0523. The highest BCUT2D eigenvalue weighted by atomic mass is 79.9. The largest absolute Gasteiger partial charge is 0.433 e. The third kappa shape index (κ3) is 3.18. The zero-order chi connectivity index (χ0) is 13.2. The Hall–Kier alpha value is -1.11. The topological polar surface area (TPSA) is 26.3 Å². The first kappa shape index (κ1) is 14.0. The molecule has 0 saturated carbocycles. The Balaban J connectivity index is 3.44. The molecule has 0 heterocycles. The number of rotatable bonds is 4. The second-order valence-corrected chi connectivity index (χ2v) is 3.93. The fraction of sp³-hybridized carbons (Fsp3) is 0.300. The maximum absolute atomic E-state index is 12.6. The predicted molar refractivity (Wildman–Crippen MR) is 55.7 cm³/mol. The van der Waals surface area contributed by atoms with Crippen molar-refractivity contribution < 1.29 is 27.1 Å². The molecule has 17 heavy (non-hydrogen) atoms. The van der Waals surface area contributed by atoms with Gasteiger partial charge in [-0.1, -0.05) is 0 Å². The quantitative estimate of drug-likeness (QED) is 0.615. The summed E-state index contributed by atoms with van der Waals surface area (Å²) in [5.41, 5.74) is -1.05. The molecule has 94 valence electrons. The molecule has 0 spiro atoms. The van der Waals surface area contributed by atoms with E-state index in [0.29, 0.717) is 0 Å². The van der Waals surface area contributed by atoms with E-state index in [9.17, 15) is 22.4 Å². The SMILES string of the molecule is CC(=O)c1c(Br)ccc(C(F)F)c1OC(F)F. The van der Waals surface area contributed by atoms with Crippen molar-refractivity contribution in [2.24, 2.45) is 0 Å². The minimum atomic E-state index is -3.28. The number of benzene rings is 1. The maximum Gasteiger partial charge on any atom is 0.387 e. The van der Waals surface area contributed by atoms with Crippen LogP contribution in [-0.2, 0) is 0 Å². The minimum Gasteiger partial charge on any atom is -0.433 e. The van der Waals surface area contributed by atoms with Crippen molar-refractivity contribution in [1.82, 2.24) is 0 Å². The number of ketones is 1. The molecule has 0 fully saturated rings. The van der Waals surface area contributed by atoms with Gasteiger partial charge in [0, 0.05) is 4.47 Å². The van der Waals surface area contributed by atoms with Gasteiger partial charge >= 0.3 is 6.61 Å². The number of hydrogen-bond acceptors (Lipinski definition) is 2. The van der Waals surface area contributed by atoms with E-state index in [0.717, 1.165) is 13.0 Å². The predicted octanol–water partition coefficient (Wildman–Crippen LogP) is 4.19. The van der Waals surface area contributed by atoms with Crippen LogP contribution in [0.1, 0.15) is 29.3 Å². The van der Waals surface area contributed by atoms with Crippen molar-refractivity contribution >= 4 is 21.7 Å². The lowest BCUT2D eigenvalue weighted by Crippen LogP contribution is -2.10. The first-order chi connectivity index (χ1) is 7.84. The van der Waals surface area contributed by atoms with Crippen molar-refractivity contribution in [2.75, 3.05) is 0 Å². The molecule has 2 nitrogen and oxygen atoms in total. The number of Topliss-reactive ketones (excluding diaryl/α,β-unsaturated/α-hetero) is 1. The number of halogens is 5. The smallest absolute Gasteiger partial charge is 0.387 e. The second kappa shape index (κ2) is 5.48. The van der Waals surface area contributed by atoms with Gasteiger partial charge < -0.3 is 4.74 Å². The van der Waals surface area contributed by atoms with Gasteiger partial charge in [0.05, 0.1) is 11.1 Å². The average molecular weight is 315 g/mol. The van der Waals surface area contributed by atoms with Crippen LogP contribution >= 0.6 is 15.9 Å². The Bertz CT molecular complexity index is 435. The highest BCUT2D eigenvalue weighted by Crippen LogP contribution is 2.37. The van der Waals surface area contributed by atoms with Gasteiger partial charge in [-0.2, -0.15) is 8.78 Å². The normalized spacial score (nSPS) is 11.1. The summed E-state index contributed by atoms with van der Waals surface area (Å²) in [4.78, 5) is 11.2. The number of alkyl halides is 4. The molecule has 0 aliphatic rings. The van der Waals surface area contributed by atoms with Crippen LogP contribution in [0.2, 0.25) is 0 Å². The van der Waals surface area contributed by atoms with Crippen LogP contribution in [-0.4, -0.2) is 12.4 Å². The monoisotopic (exact) mass is 314 g/mol. The number of ether oxygens (including phenoxy) is 1. The van der Waals surface area contributed by atoms with Gasteiger partial charge in [0.1, 0.15) is 5.75 Å². The van der Waals surface area contributed by atoms with Crippen molar-refractivity contribution in [2.45, 2.75) is 20.0 Å². The van der Waals surface area contributed by atoms with Gasteiger partial charge in [0.25, 0.3) is 6.43 Å². The lowest BCUT2D eigenvalue weighted by atomic mass is 10.1. The van der Waals surface area contributed by atoms with Crippen LogP contribution in [0.5, 0.6) is 5.75 Å². The number of carbonyl (C=O) groups is 1. The van der Waals surface area contributed by atoms with Gasteiger partial charge in [-0.15, -0.1) is 0 Å². The van der Waals surface area contributed by atoms with E-state index < -0.39 is 30.1 Å². The van der Waals surface area contributed by atoms with Gasteiger partial charge in [0.15, 0.2) is 5.78 Å². The summed E-state index contributed by atoms with van der Waals surface area (Å²) in [7, 11) is 0. The minimum absolute atomic E-state index is 0.130. The molecule has 0 saturated heterocycles. The summed E-state index contributed by atoms with van der Waals surface area (Å²) in [5, 5.41) is 0. The molecule has 0 radical (unpaired) electrons. The fourth-order valence-electron chi connectivity index (χ4n) is 1.29. The first-order valence-corrected chi connectivity index (χ1v) is 5.20. The summed E-state index contributed by atoms with van der Waals surface area (Å²) in [6.07, 6.45) is -3.00. The molecule has 1 aromatic rings. The molecule has 7 heteroatoms. The lowest BCUT2D eigenvalue weighted by Gasteiger charge is -2.14. The molecular formula is C10H7BrF4O2. The average Bonchev–Trinajstić information content (AvgIpc) is 2.15. The summed E-state index contributed by atoms with van der Waals surface area (Å²) in [5.74, 6) is -1.42. The third-order valence-corrected chi connectivity index (χ3v) is 2.59. The van der Waals surface area contributed by atoms with E-state index in [4.69, 9.17) is 0 Å². The van der Waals surface area contributed by atoms with Gasteiger partial charge in [-0.3, -0.25) is 4.79 Å². The summed E-state index contributed by atoms with van der Waals surface area (Å²) < 4.78 is 53.6. The van der Waals surface area contributed by atoms with Crippen LogP contribution in [0.4, 0.5) is 17.6 Å². The van der Waals surface area contributed by atoms with Gasteiger partial charge in [-0.25, -0.2) is 8.78 Å². The molecule has 0 aliphatic carbocycles. The van der Waals surface area contributed by atoms with E-state index in [1.807, 2.05) is 0 Å². The molecule has 0 unspecified atom stereocenters. The van der Waals surface area contributed by atoms with E-state index in [1.54, 1.807) is 0 Å². The molecule has 1 rings (SSSR count). The second-order valence-electron chi connectivity index (χ2n) is 3.08. The Morgan fingerprint density at radius 3 is 2.29 bits per heavy atom. The van der Waals surface area contributed by atoms with Crippen LogP contribution in [0.15, 0.2) is 16.6 Å². The molecule has 1 aromatic carbocycles. The summed E-state index contributed by atoms with van der Waals surface area (Å²) in [6, 6.07) is 2.12. The first-order valence-electron chi connectivity index (χ1n) is 4.41. The van der Waals surface area contributed by atoms with Crippen molar-refractivity contribution in [3.8, 4) is 5.75 Å². The summed E-state index contributed by atoms with van der Waals surface area (Å²) >= 11 is 2.93. The zero-order valence-corrected chi connectivity index (χ0v) is 10.1. The third-order valence-electron chi connectivity index (χ3n) is 1.93. The molecule has 0 aliphatic heterocycles. The van der Waals surface area contributed by atoms with Gasteiger partial charge in [0.2, 0.25) is 0 Å². The summed E-state index contributed by atoms with van der Waals surface area (Å²) in [6.45, 7) is -2.20. The van der Waals surface area contributed by atoms with E-state index in [2.05, 4.69) is 20.7 Å². The van der Waals surface area contributed by atoms with E-state index in [-0.39, 0.29) is 10.0 Å². The van der Waals surface area contributed by atoms with Crippen molar-refractivity contribution in [3.63, 3.8) is 0 Å². The molecule has 0 N–H and O–H groups in total. The highest BCUT2D eigenvalue weighted by molar-refractivity contribution is 9.10. The van der Waals surface area contributed by atoms with Crippen LogP contribution < -0.4 is 4.74 Å². The highest BCUT2D eigenvalue weighted by Gasteiger charge is 2.24. The van der Waals surface area contributed by atoms with E-state index in [1.165, 1.54) is 6.07 Å². The zero-order valence-electron chi connectivity index (χ0n) is 8.52. The van der Waals surface area contributed by atoms with Crippen LogP contribution in [0, 0.1) is 0 Å². The standard InChI is InChI=1S/C10H7BrF4O2/c1-4(16)7-6(11)3-2-5(9(12)13)8(7)17-10(14)15/h2-3,9-10H,1H3. The molecule has 0 aromatic heterocycles. The Morgan fingerprint density at radius 2 is 1.88 bits per heavy atom. The fourth-order valence-corrected chi connectivity index (χ4v) is 1.88. The number of carbonyl (C=O) groups excluding carboxylic acids is 1. The van der Waals surface area contributed by atoms with Crippen LogP contribution in [0.25, 0.3) is 0 Å². The molecular weight excluding hydrogens is 308 g/mol. The van der Waals surface area contributed by atoms with Crippen molar-refractivity contribution in [1.29, 1.82) is 0 Å². The Morgan fingerprint density at radius 1 is 1.29 bits per heavy atom. The van der Waals surface area contributed by atoms with Crippen LogP contribution in [0.3, 0.4) is 0 Å². The maximum atomic E-state index is 12.6. The molecule has 0 atom stereocenters. The molecule has 0 amide bonds. The Labute approximate surface area is 103 Å².